The van der Waals surface area contributed by atoms with Gasteiger partial charge in [-0.15, -0.1) is 0 Å². The van der Waals surface area contributed by atoms with E-state index in [4.69, 9.17) is 11.6 Å². The van der Waals surface area contributed by atoms with Crippen LogP contribution in [0.2, 0.25) is 5.02 Å². The molecule has 1 fully saturated rings. The molecule has 0 unspecified atom stereocenters. The largest absolute Gasteiger partial charge is 0.416 e. The van der Waals surface area contributed by atoms with Gasteiger partial charge in [0.15, 0.2) is 0 Å². The number of benzene rings is 2. The molecule has 0 aromatic heterocycles. The number of hydrogen-bond donors (Lipinski definition) is 1. The minimum atomic E-state index is -4.38. The second-order valence-electron chi connectivity index (χ2n) is 7.12. The molecule has 1 heterocycles. The van der Waals surface area contributed by atoms with Crippen LogP contribution in [0.4, 0.5) is 13.2 Å². The number of fused-ring (bicyclic) bond motifs is 3. The van der Waals surface area contributed by atoms with E-state index in [0.717, 1.165) is 37.2 Å². The molecule has 1 saturated heterocycles. The predicted octanol–water partition coefficient (Wildman–Crippen LogP) is 5.58. The highest BCUT2D eigenvalue weighted by Gasteiger charge is 2.35. The molecule has 4 rings (SSSR count). The maximum Gasteiger partial charge on any atom is 0.416 e. The molecule has 0 radical (unpaired) electrons. The number of alkyl halides is 3. The van der Waals surface area contributed by atoms with E-state index in [2.05, 4.69) is 24.4 Å². The van der Waals surface area contributed by atoms with Crippen LogP contribution in [-0.2, 0) is 12.6 Å². The maximum atomic E-state index is 12.9. The van der Waals surface area contributed by atoms with Crippen molar-refractivity contribution in [3.63, 3.8) is 0 Å². The quantitative estimate of drug-likeness (QED) is 0.695. The van der Waals surface area contributed by atoms with Crippen LogP contribution in [0.15, 0.2) is 30.3 Å². The van der Waals surface area contributed by atoms with Gasteiger partial charge in [-0.05, 0) is 72.5 Å². The van der Waals surface area contributed by atoms with Gasteiger partial charge in [-0.25, -0.2) is 0 Å². The van der Waals surface area contributed by atoms with E-state index in [1.54, 1.807) is 0 Å². The Morgan fingerprint density at radius 3 is 2.68 bits per heavy atom. The number of halogens is 4. The number of piperidine rings is 1. The minimum absolute atomic E-state index is 0.144. The molecule has 1 nitrogen and oxygen atoms in total. The van der Waals surface area contributed by atoms with Gasteiger partial charge in [0.25, 0.3) is 0 Å². The fourth-order valence-electron chi connectivity index (χ4n) is 4.32. The fraction of sp³-hybridized carbons (Fsp3) is 0.400. The van der Waals surface area contributed by atoms with E-state index in [-0.39, 0.29) is 5.02 Å². The molecule has 0 spiro atoms. The molecule has 0 amide bonds. The first-order valence-electron chi connectivity index (χ1n) is 8.56. The standard InChI is InChI=1S/C20H19ClF3N/c1-11-6-13(15-3-2-14(9-19(15)21)20(22,23)24)8-17-16(11)7-12-4-5-25-10-18(12)17/h2-3,6,8-9,12,18,25H,4-5,7,10H2,1H3/t12-,18-/m0/s1. The molecular formula is C20H19ClF3N. The third-order valence-corrected chi connectivity index (χ3v) is 5.92. The third kappa shape index (κ3) is 2.96. The third-order valence-electron chi connectivity index (χ3n) is 5.61. The van der Waals surface area contributed by atoms with Crippen molar-refractivity contribution in [1.82, 2.24) is 5.32 Å². The van der Waals surface area contributed by atoms with Gasteiger partial charge in [-0.2, -0.15) is 13.2 Å². The van der Waals surface area contributed by atoms with E-state index >= 15 is 0 Å². The fourth-order valence-corrected chi connectivity index (χ4v) is 4.61. The first kappa shape index (κ1) is 16.9. The number of aryl methyl sites for hydroxylation is 1. The van der Waals surface area contributed by atoms with Crippen molar-refractivity contribution < 1.29 is 13.2 Å². The molecule has 1 N–H and O–H groups in total. The van der Waals surface area contributed by atoms with Gasteiger partial charge in [0, 0.05) is 17.1 Å². The Kier molecular flexibility index (Phi) is 4.08. The van der Waals surface area contributed by atoms with Crippen molar-refractivity contribution in [2.45, 2.75) is 31.9 Å². The Morgan fingerprint density at radius 1 is 1.16 bits per heavy atom. The Bertz CT molecular complexity index is 828. The smallest absolute Gasteiger partial charge is 0.316 e. The number of hydrogen-bond acceptors (Lipinski definition) is 1. The summed E-state index contributed by atoms with van der Waals surface area (Å²) < 4.78 is 38.6. The van der Waals surface area contributed by atoms with Crippen molar-refractivity contribution in [3.8, 4) is 11.1 Å². The van der Waals surface area contributed by atoms with Crippen LogP contribution >= 0.6 is 11.6 Å². The summed E-state index contributed by atoms with van der Waals surface area (Å²) in [6, 6.07) is 7.80. The van der Waals surface area contributed by atoms with Crippen LogP contribution in [0, 0.1) is 12.8 Å². The molecule has 0 saturated carbocycles. The van der Waals surface area contributed by atoms with Crippen molar-refractivity contribution >= 4 is 11.6 Å². The molecule has 1 aliphatic heterocycles. The first-order chi connectivity index (χ1) is 11.8. The molecule has 2 aromatic carbocycles. The molecular weight excluding hydrogens is 347 g/mol. The van der Waals surface area contributed by atoms with Crippen molar-refractivity contribution in [2.75, 3.05) is 13.1 Å². The average molecular weight is 366 g/mol. The lowest BCUT2D eigenvalue weighted by Crippen LogP contribution is -2.32. The summed E-state index contributed by atoms with van der Waals surface area (Å²) in [6.07, 6.45) is -2.10. The Balaban J connectivity index is 1.77. The van der Waals surface area contributed by atoms with Gasteiger partial charge in [0.2, 0.25) is 0 Å². The molecule has 5 heteroatoms. The lowest BCUT2D eigenvalue weighted by Gasteiger charge is -2.26. The first-order valence-corrected chi connectivity index (χ1v) is 8.93. The topological polar surface area (TPSA) is 12.0 Å². The zero-order valence-electron chi connectivity index (χ0n) is 13.9. The molecule has 132 valence electrons. The van der Waals surface area contributed by atoms with Crippen LogP contribution in [0.25, 0.3) is 11.1 Å². The molecule has 2 atom stereocenters. The predicted molar refractivity (Wildman–Crippen MR) is 94.0 cm³/mol. The highest BCUT2D eigenvalue weighted by molar-refractivity contribution is 6.33. The highest BCUT2D eigenvalue weighted by atomic mass is 35.5. The van der Waals surface area contributed by atoms with E-state index < -0.39 is 11.7 Å². The summed E-state index contributed by atoms with van der Waals surface area (Å²) >= 11 is 6.20. The van der Waals surface area contributed by atoms with Gasteiger partial charge in [-0.1, -0.05) is 29.8 Å². The van der Waals surface area contributed by atoms with Crippen molar-refractivity contribution in [1.29, 1.82) is 0 Å². The van der Waals surface area contributed by atoms with E-state index in [1.165, 1.54) is 29.2 Å². The lowest BCUT2D eigenvalue weighted by atomic mass is 9.86. The molecule has 2 aromatic rings. The van der Waals surface area contributed by atoms with E-state index in [9.17, 15) is 13.2 Å². The summed E-state index contributed by atoms with van der Waals surface area (Å²) in [5.74, 6) is 1.17. The minimum Gasteiger partial charge on any atom is -0.316 e. The number of nitrogens with one attached hydrogen (secondary N) is 1. The maximum absolute atomic E-state index is 12.9. The summed E-state index contributed by atoms with van der Waals surface area (Å²) in [5.41, 5.74) is 4.80. The van der Waals surface area contributed by atoms with E-state index in [1.807, 2.05) is 0 Å². The second-order valence-corrected chi connectivity index (χ2v) is 7.52. The van der Waals surface area contributed by atoms with E-state index in [0.29, 0.717) is 17.4 Å². The van der Waals surface area contributed by atoms with Gasteiger partial charge in [0.05, 0.1) is 5.56 Å². The highest BCUT2D eigenvalue weighted by Crippen LogP contribution is 2.45. The van der Waals surface area contributed by atoms with Gasteiger partial charge in [0.1, 0.15) is 0 Å². The molecule has 2 aliphatic rings. The molecule has 25 heavy (non-hydrogen) atoms. The van der Waals surface area contributed by atoms with Gasteiger partial charge in [-0.3, -0.25) is 0 Å². The van der Waals surface area contributed by atoms with Crippen LogP contribution in [0.3, 0.4) is 0 Å². The van der Waals surface area contributed by atoms with Crippen LogP contribution in [-0.4, -0.2) is 13.1 Å². The summed E-state index contributed by atoms with van der Waals surface area (Å²) in [5, 5.41) is 3.60. The van der Waals surface area contributed by atoms with Crippen LogP contribution in [0.5, 0.6) is 0 Å². The second kappa shape index (κ2) is 6.03. The van der Waals surface area contributed by atoms with Gasteiger partial charge >= 0.3 is 6.18 Å². The van der Waals surface area contributed by atoms with Crippen LogP contribution < -0.4 is 5.32 Å². The Morgan fingerprint density at radius 2 is 1.96 bits per heavy atom. The summed E-state index contributed by atoms with van der Waals surface area (Å²) in [7, 11) is 0. The monoisotopic (exact) mass is 365 g/mol. The van der Waals surface area contributed by atoms with Crippen molar-refractivity contribution in [3.05, 3.63) is 57.6 Å². The molecule has 0 bridgehead atoms. The zero-order valence-corrected chi connectivity index (χ0v) is 14.6. The molecule has 1 aliphatic carbocycles. The Labute approximate surface area is 150 Å². The SMILES string of the molecule is Cc1cc(-c2ccc(C(F)(F)F)cc2Cl)cc2c1C[C@@H]1CCNC[C@H]21. The van der Waals surface area contributed by atoms with Gasteiger partial charge < -0.3 is 5.32 Å². The summed E-state index contributed by atoms with van der Waals surface area (Å²) in [4.78, 5) is 0. The van der Waals surface area contributed by atoms with Crippen LogP contribution in [0.1, 0.15) is 34.6 Å². The Hall–Kier alpha value is -1.52. The zero-order chi connectivity index (χ0) is 17.8. The average Bonchev–Trinajstić information content (AvgIpc) is 2.93. The summed E-state index contributed by atoms with van der Waals surface area (Å²) in [6.45, 7) is 4.12. The van der Waals surface area contributed by atoms with Crippen molar-refractivity contribution in [2.24, 2.45) is 5.92 Å². The number of rotatable bonds is 1. The normalized spacial score (nSPS) is 22.6. The lowest BCUT2D eigenvalue weighted by molar-refractivity contribution is -0.137.